The number of hydrogen-bond acceptors (Lipinski definition) is 4. The Hall–Kier alpha value is -2.27. The standard InChI is InChI=1S/C21H25N3O2/c25-21-13-17(23-6-8-26-9-7-23)12-20(22-21)24-14-16-11-18(16)19(24)10-15-4-2-1-3-5-15/h1-5,12-13,16,18-19H,6-11,14H2,(H,22,25)/t16-,18-,19+/m0/s1. The van der Waals surface area contributed by atoms with Crippen molar-refractivity contribution in [3.05, 3.63) is 58.4 Å². The molecule has 0 amide bonds. The quantitative estimate of drug-likeness (QED) is 0.918. The normalized spacial score (nSPS) is 27.5. The van der Waals surface area contributed by atoms with E-state index in [1.165, 1.54) is 12.0 Å². The number of morpholine rings is 1. The average Bonchev–Trinajstić information content (AvgIpc) is 3.37. The van der Waals surface area contributed by atoms with Crippen molar-refractivity contribution < 1.29 is 4.74 Å². The number of aromatic amines is 1. The van der Waals surface area contributed by atoms with E-state index in [1.54, 1.807) is 6.07 Å². The molecule has 1 aliphatic carbocycles. The lowest BCUT2D eigenvalue weighted by atomic mass is 10.0. The van der Waals surface area contributed by atoms with Crippen LogP contribution in [-0.4, -0.2) is 43.9 Å². The second-order valence-electron chi connectivity index (χ2n) is 7.76. The molecule has 5 rings (SSSR count). The van der Waals surface area contributed by atoms with E-state index in [4.69, 9.17) is 4.74 Å². The zero-order chi connectivity index (χ0) is 17.5. The van der Waals surface area contributed by atoms with Crippen LogP contribution >= 0.6 is 0 Å². The molecule has 2 aromatic rings. The summed E-state index contributed by atoms with van der Waals surface area (Å²) in [6.45, 7) is 4.22. The number of H-pyrrole nitrogens is 1. The minimum absolute atomic E-state index is 0.0111. The lowest BCUT2D eigenvalue weighted by Gasteiger charge is -2.32. The average molecular weight is 351 g/mol. The van der Waals surface area contributed by atoms with Gasteiger partial charge >= 0.3 is 0 Å². The SMILES string of the molecule is O=c1cc(N2CCOCC2)cc(N2C[C@@H]3C[C@@H]3[C@H]2Cc2ccccc2)[nH]1. The van der Waals surface area contributed by atoms with Crippen molar-refractivity contribution in [1.29, 1.82) is 0 Å². The minimum Gasteiger partial charge on any atom is -0.378 e. The van der Waals surface area contributed by atoms with Crippen molar-refractivity contribution in [2.24, 2.45) is 11.8 Å². The maximum Gasteiger partial charge on any atom is 0.251 e. The lowest BCUT2D eigenvalue weighted by Crippen LogP contribution is -2.38. The highest BCUT2D eigenvalue weighted by Gasteiger charge is 2.52. The summed E-state index contributed by atoms with van der Waals surface area (Å²) in [4.78, 5) is 20.1. The van der Waals surface area contributed by atoms with Crippen LogP contribution in [-0.2, 0) is 11.2 Å². The van der Waals surface area contributed by atoms with Crippen LogP contribution in [0.4, 0.5) is 11.5 Å². The van der Waals surface area contributed by atoms with Crippen LogP contribution in [0.1, 0.15) is 12.0 Å². The summed E-state index contributed by atoms with van der Waals surface area (Å²) in [6, 6.07) is 15.1. The number of nitrogens with zero attached hydrogens (tertiary/aromatic N) is 2. The molecular weight excluding hydrogens is 326 g/mol. The van der Waals surface area contributed by atoms with Gasteiger partial charge in [0.25, 0.3) is 5.56 Å². The molecule has 3 fully saturated rings. The fraction of sp³-hybridized carbons (Fsp3) is 0.476. The molecule has 3 heterocycles. The molecule has 2 aliphatic heterocycles. The number of piperidine rings is 1. The highest BCUT2D eigenvalue weighted by atomic mass is 16.5. The van der Waals surface area contributed by atoms with Gasteiger partial charge in [0.05, 0.1) is 13.2 Å². The molecule has 1 saturated carbocycles. The summed E-state index contributed by atoms with van der Waals surface area (Å²) in [5.74, 6) is 2.54. The van der Waals surface area contributed by atoms with Crippen LogP contribution in [0.5, 0.6) is 0 Å². The van der Waals surface area contributed by atoms with Crippen molar-refractivity contribution in [3.8, 4) is 0 Å². The Kier molecular flexibility index (Phi) is 3.97. The first-order valence-corrected chi connectivity index (χ1v) is 9.65. The van der Waals surface area contributed by atoms with E-state index in [1.807, 2.05) is 0 Å². The summed E-state index contributed by atoms with van der Waals surface area (Å²) in [5, 5.41) is 0. The van der Waals surface area contributed by atoms with E-state index in [0.29, 0.717) is 6.04 Å². The Labute approximate surface area is 153 Å². The fourth-order valence-electron chi connectivity index (χ4n) is 4.64. The van der Waals surface area contributed by atoms with E-state index in [0.717, 1.165) is 62.6 Å². The Balaban J connectivity index is 1.43. The lowest BCUT2D eigenvalue weighted by molar-refractivity contribution is 0.122. The van der Waals surface area contributed by atoms with Crippen LogP contribution < -0.4 is 15.4 Å². The van der Waals surface area contributed by atoms with Gasteiger partial charge in [0.1, 0.15) is 5.82 Å². The van der Waals surface area contributed by atoms with Gasteiger partial charge in [-0.15, -0.1) is 0 Å². The molecule has 5 heteroatoms. The van der Waals surface area contributed by atoms with E-state index in [2.05, 4.69) is 51.2 Å². The molecular formula is C21H25N3O2. The summed E-state index contributed by atoms with van der Waals surface area (Å²) in [7, 11) is 0. The first-order chi connectivity index (χ1) is 12.8. The van der Waals surface area contributed by atoms with Crippen molar-refractivity contribution in [2.75, 3.05) is 42.6 Å². The van der Waals surface area contributed by atoms with Crippen molar-refractivity contribution in [3.63, 3.8) is 0 Å². The summed E-state index contributed by atoms with van der Waals surface area (Å²) >= 11 is 0. The number of aromatic nitrogens is 1. The molecule has 2 saturated heterocycles. The predicted molar refractivity (Wildman–Crippen MR) is 103 cm³/mol. The third-order valence-electron chi connectivity index (χ3n) is 6.09. The number of benzene rings is 1. The largest absolute Gasteiger partial charge is 0.378 e. The molecule has 3 atom stereocenters. The molecule has 0 radical (unpaired) electrons. The Morgan fingerprint density at radius 3 is 2.73 bits per heavy atom. The molecule has 26 heavy (non-hydrogen) atoms. The third kappa shape index (κ3) is 3.01. The molecule has 1 aromatic heterocycles. The van der Waals surface area contributed by atoms with Gasteiger partial charge in [0, 0.05) is 43.5 Å². The van der Waals surface area contributed by atoms with E-state index in [9.17, 15) is 4.79 Å². The summed E-state index contributed by atoms with van der Waals surface area (Å²) in [5.41, 5.74) is 2.39. The number of hydrogen-bond donors (Lipinski definition) is 1. The maximum atomic E-state index is 12.3. The summed E-state index contributed by atoms with van der Waals surface area (Å²) < 4.78 is 5.45. The molecule has 136 valence electrons. The van der Waals surface area contributed by atoms with Gasteiger partial charge in [-0.25, -0.2) is 0 Å². The van der Waals surface area contributed by atoms with Crippen molar-refractivity contribution in [2.45, 2.75) is 18.9 Å². The Morgan fingerprint density at radius 2 is 1.92 bits per heavy atom. The van der Waals surface area contributed by atoms with Gasteiger partial charge in [0.2, 0.25) is 0 Å². The minimum atomic E-state index is -0.0111. The van der Waals surface area contributed by atoms with Crippen LogP contribution in [0, 0.1) is 11.8 Å². The van der Waals surface area contributed by atoms with Crippen LogP contribution in [0.2, 0.25) is 0 Å². The number of pyridine rings is 1. The topological polar surface area (TPSA) is 48.6 Å². The van der Waals surface area contributed by atoms with Gasteiger partial charge < -0.3 is 19.5 Å². The second kappa shape index (κ2) is 6.47. The molecule has 1 aromatic carbocycles. The van der Waals surface area contributed by atoms with Gasteiger partial charge in [0.15, 0.2) is 0 Å². The van der Waals surface area contributed by atoms with Crippen molar-refractivity contribution >= 4 is 11.5 Å². The third-order valence-corrected chi connectivity index (χ3v) is 6.09. The Morgan fingerprint density at radius 1 is 1.12 bits per heavy atom. The second-order valence-corrected chi connectivity index (χ2v) is 7.76. The van der Waals surface area contributed by atoms with Crippen molar-refractivity contribution in [1.82, 2.24) is 4.98 Å². The molecule has 0 bridgehead atoms. The van der Waals surface area contributed by atoms with Crippen LogP contribution in [0.25, 0.3) is 0 Å². The summed E-state index contributed by atoms with van der Waals surface area (Å²) in [6.07, 6.45) is 2.38. The molecule has 3 aliphatic rings. The number of anilines is 2. The van der Waals surface area contributed by atoms with Gasteiger partial charge in [-0.2, -0.15) is 0 Å². The van der Waals surface area contributed by atoms with Crippen LogP contribution in [0.15, 0.2) is 47.3 Å². The highest BCUT2D eigenvalue weighted by molar-refractivity contribution is 5.57. The highest BCUT2D eigenvalue weighted by Crippen LogP contribution is 2.51. The first kappa shape index (κ1) is 15.9. The van der Waals surface area contributed by atoms with E-state index in [-0.39, 0.29) is 5.56 Å². The molecule has 0 spiro atoms. The maximum absolute atomic E-state index is 12.3. The first-order valence-electron chi connectivity index (χ1n) is 9.65. The monoisotopic (exact) mass is 351 g/mol. The predicted octanol–water partition coefficient (Wildman–Crippen LogP) is 2.28. The zero-order valence-corrected chi connectivity index (χ0v) is 14.9. The number of ether oxygens (including phenoxy) is 1. The molecule has 5 nitrogen and oxygen atoms in total. The number of nitrogens with one attached hydrogen (secondary N) is 1. The zero-order valence-electron chi connectivity index (χ0n) is 14.9. The Bertz CT molecular complexity index is 829. The molecule has 1 N–H and O–H groups in total. The van der Waals surface area contributed by atoms with Crippen LogP contribution in [0.3, 0.4) is 0 Å². The van der Waals surface area contributed by atoms with E-state index < -0.39 is 0 Å². The van der Waals surface area contributed by atoms with E-state index >= 15 is 0 Å². The van der Waals surface area contributed by atoms with Gasteiger partial charge in [-0.05, 0) is 30.2 Å². The van der Waals surface area contributed by atoms with Gasteiger partial charge in [-0.3, -0.25) is 4.79 Å². The number of fused-ring (bicyclic) bond motifs is 1. The fourth-order valence-corrected chi connectivity index (χ4v) is 4.64. The molecule has 0 unspecified atom stereocenters. The smallest absolute Gasteiger partial charge is 0.251 e. The van der Waals surface area contributed by atoms with Gasteiger partial charge in [-0.1, -0.05) is 30.3 Å². The number of rotatable bonds is 4.